The summed E-state index contributed by atoms with van der Waals surface area (Å²) in [7, 11) is 0. The predicted molar refractivity (Wildman–Crippen MR) is 75.8 cm³/mol. The summed E-state index contributed by atoms with van der Waals surface area (Å²) in [5.74, 6) is -0.531. The molecule has 0 aliphatic heterocycles. The highest BCUT2D eigenvalue weighted by Crippen LogP contribution is 2.08. The quantitative estimate of drug-likeness (QED) is 0.853. The molecule has 0 radical (unpaired) electrons. The van der Waals surface area contributed by atoms with Crippen molar-refractivity contribution in [3.05, 3.63) is 59.7 Å². The Kier molecular flexibility index (Phi) is 4.45. The van der Waals surface area contributed by atoms with E-state index in [2.05, 4.69) is 18.3 Å². The predicted octanol–water partition coefficient (Wildman–Crippen LogP) is 2.62. The minimum Gasteiger partial charge on any atom is -0.320 e. The van der Waals surface area contributed by atoms with Crippen molar-refractivity contribution in [3.8, 4) is 0 Å². The van der Waals surface area contributed by atoms with Crippen LogP contribution in [0.5, 0.6) is 0 Å². The van der Waals surface area contributed by atoms with Gasteiger partial charge in [0.05, 0.1) is 0 Å². The summed E-state index contributed by atoms with van der Waals surface area (Å²) >= 11 is 0. The van der Waals surface area contributed by atoms with Gasteiger partial charge in [-0.1, -0.05) is 13.0 Å². The SMILES string of the molecule is CCc1ccc(C)[n+](CC(=O)Nc2cccc(F)c2)c1. The number of pyridine rings is 1. The molecular formula is C16H18FN2O+. The highest BCUT2D eigenvalue weighted by molar-refractivity contribution is 5.89. The number of halogens is 1. The molecule has 0 bridgehead atoms. The zero-order chi connectivity index (χ0) is 14.5. The number of hydrogen-bond acceptors (Lipinski definition) is 1. The standard InChI is InChI=1S/C16H17FN2O/c1-3-13-8-7-12(2)19(10-13)11-16(20)18-15-6-4-5-14(17)9-15/h4-10H,3,11H2,1-2H3/p+1. The van der Waals surface area contributed by atoms with Gasteiger partial charge in [0.1, 0.15) is 5.82 Å². The first-order valence-electron chi connectivity index (χ1n) is 6.63. The zero-order valence-electron chi connectivity index (χ0n) is 11.7. The fourth-order valence-electron chi connectivity index (χ4n) is 1.97. The molecule has 0 spiro atoms. The molecule has 0 aliphatic carbocycles. The van der Waals surface area contributed by atoms with Crippen LogP contribution in [-0.2, 0) is 17.8 Å². The minimum atomic E-state index is -0.361. The second kappa shape index (κ2) is 6.28. The molecule has 2 aromatic rings. The van der Waals surface area contributed by atoms with Crippen LogP contribution in [0, 0.1) is 12.7 Å². The lowest BCUT2D eigenvalue weighted by molar-refractivity contribution is -0.690. The lowest BCUT2D eigenvalue weighted by atomic mass is 10.2. The summed E-state index contributed by atoms with van der Waals surface area (Å²) in [5.41, 5.74) is 2.66. The van der Waals surface area contributed by atoms with E-state index in [0.717, 1.165) is 12.1 Å². The molecule has 1 heterocycles. The normalized spacial score (nSPS) is 10.3. The van der Waals surface area contributed by atoms with Crippen molar-refractivity contribution in [2.75, 3.05) is 5.32 Å². The summed E-state index contributed by atoms with van der Waals surface area (Å²) in [6, 6.07) is 9.93. The van der Waals surface area contributed by atoms with Gasteiger partial charge in [0.25, 0.3) is 5.91 Å². The van der Waals surface area contributed by atoms with Crippen molar-refractivity contribution in [1.82, 2.24) is 0 Å². The van der Waals surface area contributed by atoms with E-state index in [9.17, 15) is 9.18 Å². The Morgan fingerprint density at radius 2 is 2.10 bits per heavy atom. The van der Waals surface area contributed by atoms with Crippen LogP contribution in [0.15, 0.2) is 42.6 Å². The largest absolute Gasteiger partial charge is 0.320 e. The number of carbonyl (C=O) groups excluding carboxylic acids is 1. The maximum Gasteiger partial charge on any atom is 0.290 e. The molecule has 1 aromatic heterocycles. The van der Waals surface area contributed by atoms with Gasteiger partial charge in [-0.15, -0.1) is 0 Å². The van der Waals surface area contributed by atoms with Gasteiger partial charge in [-0.2, -0.15) is 4.57 Å². The smallest absolute Gasteiger partial charge is 0.290 e. The van der Waals surface area contributed by atoms with E-state index in [-0.39, 0.29) is 18.3 Å². The number of anilines is 1. The van der Waals surface area contributed by atoms with Gasteiger partial charge >= 0.3 is 0 Å². The van der Waals surface area contributed by atoms with Crippen LogP contribution in [0.2, 0.25) is 0 Å². The van der Waals surface area contributed by atoms with Gasteiger partial charge < -0.3 is 5.32 Å². The molecule has 4 heteroatoms. The zero-order valence-corrected chi connectivity index (χ0v) is 11.7. The van der Waals surface area contributed by atoms with Gasteiger partial charge in [-0.3, -0.25) is 4.79 Å². The van der Waals surface area contributed by atoms with Crippen molar-refractivity contribution in [3.63, 3.8) is 0 Å². The molecule has 0 atom stereocenters. The average Bonchev–Trinajstić information content (AvgIpc) is 2.41. The third-order valence-corrected chi connectivity index (χ3v) is 3.14. The lowest BCUT2D eigenvalue weighted by Gasteiger charge is -2.05. The summed E-state index contributed by atoms with van der Waals surface area (Å²) in [6.45, 7) is 4.24. The lowest BCUT2D eigenvalue weighted by Crippen LogP contribution is -2.43. The van der Waals surface area contributed by atoms with Gasteiger partial charge in [0, 0.05) is 24.2 Å². The first kappa shape index (κ1) is 14.2. The fraction of sp³-hybridized carbons (Fsp3) is 0.250. The molecule has 20 heavy (non-hydrogen) atoms. The number of rotatable bonds is 4. The molecular weight excluding hydrogens is 255 g/mol. The number of aryl methyl sites for hydroxylation is 2. The van der Waals surface area contributed by atoms with Crippen molar-refractivity contribution in [1.29, 1.82) is 0 Å². The van der Waals surface area contributed by atoms with Crippen LogP contribution in [-0.4, -0.2) is 5.91 Å². The first-order chi connectivity index (χ1) is 9.58. The summed E-state index contributed by atoms with van der Waals surface area (Å²) in [4.78, 5) is 12.0. The molecule has 2 rings (SSSR count). The average molecular weight is 273 g/mol. The van der Waals surface area contributed by atoms with E-state index >= 15 is 0 Å². The molecule has 0 saturated heterocycles. The second-order valence-corrected chi connectivity index (χ2v) is 4.72. The van der Waals surface area contributed by atoms with E-state index in [1.54, 1.807) is 12.1 Å². The van der Waals surface area contributed by atoms with E-state index < -0.39 is 0 Å². The van der Waals surface area contributed by atoms with Crippen LogP contribution < -0.4 is 9.88 Å². The Labute approximate surface area is 118 Å². The molecule has 0 aliphatic rings. The van der Waals surface area contributed by atoms with Gasteiger partial charge in [-0.25, -0.2) is 4.39 Å². The minimum absolute atomic E-state index is 0.169. The van der Waals surface area contributed by atoms with Gasteiger partial charge in [-0.05, 0) is 30.7 Å². The number of benzene rings is 1. The van der Waals surface area contributed by atoms with Crippen LogP contribution in [0.4, 0.5) is 10.1 Å². The van der Waals surface area contributed by atoms with Crippen LogP contribution >= 0.6 is 0 Å². The highest BCUT2D eigenvalue weighted by Gasteiger charge is 2.13. The Bertz CT molecular complexity index is 626. The van der Waals surface area contributed by atoms with Crippen LogP contribution in [0.3, 0.4) is 0 Å². The molecule has 1 N–H and O–H groups in total. The summed E-state index contributed by atoms with van der Waals surface area (Å²) in [5, 5.41) is 2.70. The third kappa shape index (κ3) is 3.63. The highest BCUT2D eigenvalue weighted by atomic mass is 19.1. The van der Waals surface area contributed by atoms with E-state index in [0.29, 0.717) is 5.69 Å². The topological polar surface area (TPSA) is 33.0 Å². The number of aromatic nitrogens is 1. The monoisotopic (exact) mass is 273 g/mol. The number of carbonyl (C=O) groups is 1. The summed E-state index contributed by atoms with van der Waals surface area (Å²) in [6.07, 6.45) is 2.90. The number of amides is 1. The fourth-order valence-corrected chi connectivity index (χ4v) is 1.97. The molecule has 1 aromatic carbocycles. The molecule has 1 amide bonds. The molecule has 0 saturated carbocycles. The maximum atomic E-state index is 13.1. The van der Waals surface area contributed by atoms with E-state index in [1.165, 1.54) is 17.7 Å². The second-order valence-electron chi connectivity index (χ2n) is 4.72. The summed E-state index contributed by atoms with van der Waals surface area (Å²) < 4.78 is 14.9. The van der Waals surface area contributed by atoms with E-state index in [1.807, 2.05) is 23.8 Å². The van der Waals surface area contributed by atoms with Crippen molar-refractivity contribution >= 4 is 11.6 Å². The van der Waals surface area contributed by atoms with Gasteiger partial charge in [0.15, 0.2) is 11.9 Å². The molecule has 0 fully saturated rings. The number of hydrogen-bond donors (Lipinski definition) is 1. The Morgan fingerprint density at radius 3 is 2.80 bits per heavy atom. The van der Waals surface area contributed by atoms with Crippen molar-refractivity contribution < 1.29 is 13.8 Å². The Hall–Kier alpha value is -2.23. The molecule has 0 unspecified atom stereocenters. The van der Waals surface area contributed by atoms with Crippen molar-refractivity contribution in [2.45, 2.75) is 26.8 Å². The van der Waals surface area contributed by atoms with Crippen LogP contribution in [0.25, 0.3) is 0 Å². The first-order valence-corrected chi connectivity index (χ1v) is 6.63. The Balaban J connectivity index is 2.08. The van der Waals surface area contributed by atoms with Crippen molar-refractivity contribution in [2.24, 2.45) is 0 Å². The number of nitrogens with one attached hydrogen (secondary N) is 1. The van der Waals surface area contributed by atoms with E-state index in [4.69, 9.17) is 0 Å². The maximum absolute atomic E-state index is 13.1. The molecule has 104 valence electrons. The third-order valence-electron chi connectivity index (χ3n) is 3.14. The van der Waals surface area contributed by atoms with Crippen LogP contribution in [0.1, 0.15) is 18.2 Å². The molecule has 3 nitrogen and oxygen atoms in total. The van der Waals surface area contributed by atoms with Gasteiger partial charge in [0.2, 0.25) is 6.54 Å². The Morgan fingerprint density at radius 1 is 1.30 bits per heavy atom. The number of nitrogens with zero attached hydrogens (tertiary/aromatic N) is 1.